The maximum atomic E-state index is 13.3. The number of amides is 1. The lowest BCUT2D eigenvalue weighted by Crippen LogP contribution is -2.36. The summed E-state index contributed by atoms with van der Waals surface area (Å²) < 4.78 is 1.04. The van der Waals surface area contributed by atoms with E-state index >= 15 is 0 Å². The van der Waals surface area contributed by atoms with Crippen molar-refractivity contribution in [1.29, 1.82) is 0 Å². The topological polar surface area (TPSA) is 23.6 Å². The Morgan fingerprint density at radius 3 is 2.54 bits per heavy atom. The Kier molecular flexibility index (Phi) is 4.78. The van der Waals surface area contributed by atoms with Crippen molar-refractivity contribution < 1.29 is 4.79 Å². The minimum Gasteiger partial charge on any atom is -0.371 e. The summed E-state index contributed by atoms with van der Waals surface area (Å²) in [4.78, 5) is 17.6. The zero-order chi connectivity index (χ0) is 18.1. The number of anilines is 1. The molecule has 4 rings (SSSR count). The van der Waals surface area contributed by atoms with E-state index in [-0.39, 0.29) is 11.3 Å². The van der Waals surface area contributed by atoms with E-state index in [2.05, 4.69) is 57.2 Å². The standard InChI is InChI=1S/C22H25BrN2O/c1-24(16-17-7-2-3-10-20(17)25-13-4-5-14-25)21(26)22(11-12-22)18-8-6-9-19(23)15-18/h2-3,6-10,15H,4-5,11-14,16H2,1H3. The number of hydrogen-bond donors (Lipinski definition) is 0. The molecule has 26 heavy (non-hydrogen) atoms. The molecule has 1 heterocycles. The monoisotopic (exact) mass is 412 g/mol. The minimum absolute atomic E-state index is 0.242. The highest BCUT2D eigenvalue weighted by atomic mass is 79.9. The summed E-state index contributed by atoms with van der Waals surface area (Å²) in [6.45, 7) is 2.91. The molecular weight excluding hydrogens is 388 g/mol. The quantitative estimate of drug-likeness (QED) is 0.707. The molecule has 0 spiro atoms. The van der Waals surface area contributed by atoms with Crippen molar-refractivity contribution >= 4 is 27.5 Å². The van der Waals surface area contributed by atoms with Gasteiger partial charge in [0.25, 0.3) is 0 Å². The lowest BCUT2D eigenvalue weighted by atomic mass is 9.94. The number of hydrogen-bond acceptors (Lipinski definition) is 2. The fraction of sp³-hybridized carbons (Fsp3) is 0.409. The predicted molar refractivity (Wildman–Crippen MR) is 109 cm³/mol. The van der Waals surface area contributed by atoms with Crippen LogP contribution in [0, 0.1) is 0 Å². The summed E-state index contributed by atoms with van der Waals surface area (Å²) in [7, 11) is 1.95. The van der Waals surface area contributed by atoms with Crippen molar-refractivity contribution in [2.45, 2.75) is 37.6 Å². The van der Waals surface area contributed by atoms with E-state index in [1.165, 1.54) is 24.1 Å². The van der Waals surface area contributed by atoms with Gasteiger partial charge in [0.2, 0.25) is 5.91 Å². The number of likely N-dealkylation sites (N-methyl/N-ethyl adjacent to an activating group) is 1. The van der Waals surface area contributed by atoms with E-state index in [9.17, 15) is 4.79 Å². The number of carbonyl (C=O) groups is 1. The van der Waals surface area contributed by atoms with Crippen LogP contribution in [0.3, 0.4) is 0 Å². The molecule has 2 aromatic carbocycles. The van der Waals surface area contributed by atoms with E-state index in [0.717, 1.165) is 36.0 Å². The van der Waals surface area contributed by atoms with E-state index in [1.54, 1.807) is 0 Å². The van der Waals surface area contributed by atoms with Gasteiger partial charge in [-0.2, -0.15) is 0 Å². The van der Waals surface area contributed by atoms with Crippen molar-refractivity contribution in [3.05, 3.63) is 64.1 Å². The van der Waals surface area contributed by atoms with Crippen LogP contribution in [0.5, 0.6) is 0 Å². The van der Waals surface area contributed by atoms with Gasteiger partial charge in [-0.25, -0.2) is 0 Å². The summed E-state index contributed by atoms with van der Waals surface area (Å²) in [5, 5.41) is 0. The lowest BCUT2D eigenvalue weighted by Gasteiger charge is -2.27. The van der Waals surface area contributed by atoms with Crippen LogP contribution >= 0.6 is 15.9 Å². The first kappa shape index (κ1) is 17.6. The van der Waals surface area contributed by atoms with E-state index in [1.807, 2.05) is 24.1 Å². The summed E-state index contributed by atoms with van der Waals surface area (Å²) >= 11 is 3.54. The lowest BCUT2D eigenvalue weighted by molar-refractivity contribution is -0.133. The van der Waals surface area contributed by atoms with Crippen molar-refractivity contribution in [3.63, 3.8) is 0 Å². The van der Waals surface area contributed by atoms with Crippen LogP contribution < -0.4 is 4.90 Å². The van der Waals surface area contributed by atoms with Gasteiger partial charge in [0, 0.05) is 36.8 Å². The average molecular weight is 413 g/mol. The minimum atomic E-state index is -0.318. The van der Waals surface area contributed by atoms with Crippen LogP contribution in [0.15, 0.2) is 53.0 Å². The van der Waals surface area contributed by atoms with Gasteiger partial charge in [0.05, 0.1) is 5.41 Å². The van der Waals surface area contributed by atoms with Gasteiger partial charge in [-0.15, -0.1) is 0 Å². The van der Waals surface area contributed by atoms with Crippen LogP contribution in [0.25, 0.3) is 0 Å². The Hall–Kier alpha value is -1.81. The second kappa shape index (κ2) is 7.07. The van der Waals surface area contributed by atoms with Crippen molar-refractivity contribution in [2.24, 2.45) is 0 Å². The fourth-order valence-corrected chi connectivity index (χ4v) is 4.54. The number of benzene rings is 2. The zero-order valence-electron chi connectivity index (χ0n) is 15.2. The summed E-state index contributed by atoms with van der Waals surface area (Å²) in [5.74, 6) is 0.242. The molecule has 0 bridgehead atoms. The third-order valence-electron chi connectivity index (χ3n) is 5.73. The van der Waals surface area contributed by atoms with E-state index in [0.29, 0.717) is 6.54 Å². The highest BCUT2D eigenvalue weighted by Crippen LogP contribution is 2.50. The Morgan fingerprint density at radius 2 is 1.85 bits per heavy atom. The largest absolute Gasteiger partial charge is 0.371 e. The smallest absolute Gasteiger partial charge is 0.233 e. The molecule has 1 aliphatic carbocycles. The first-order valence-corrected chi connectivity index (χ1v) is 10.2. The molecule has 1 aliphatic heterocycles. The Labute approximate surface area is 164 Å². The first-order valence-electron chi connectivity index (χ1n) is 9.45. The van der Waals surface area contributed by atoms with Gasteiger partial charge < -0.3 is 9.80 Å². The molecule has 2 aromatic rings. The third kappa shape index (κ3) is 3.27. The van der Waals surface area contributed by atoms with E-state index < -0.39 is 0 Å². The molecule has 1 amide bonds. The van der Waals surface area contributed by atoms with Crippen LogP contribution in [-0.2, 0) is 16.8 Å². The number of halogens is 1. The molecule has 0 unspecified atom stereocenters. The molecule has 136 valence electrons. The van der Waals surface area contributed by atoms with Gasteiger partial charge in [-0.05, 0) is 55.0 Å². The number of nitrogens with zero attached hydrogens (tertiary/aromatic N) is 2. The maximum Gasteiger partial charge on any atom is 0.233 e. The second-order valence-corrected chi connectivity index (χ2v) is 8.49. The Morgan fingerprint density at radius 1 is 1.12 bits per heavy atom. The molecular formula is C22H25BrN2O. The molecule has 1 saturated carbocycles. The molecule has 2 fully saturated rings. The molecule has 0 atom stereocenters. The normalized spacial score (nSPS) is 18.0. The van der Waals surface area contributed by atoms with Crippen molar-refractivity contribution in [3.8, 4) is 0 Å². The van der Waals surface area contributed by atoms with Gasteiger partial charge in [-0.1, -0.05) is 46.3 Å². The highest BCUT2D eigenvalue weighted by molar-refractivity contribution is 9.10. The first-order chi connectivity index (χ1) is 12.6. The molecule has 0 aromatic heterocycles. The fourth-order valence-electron chi connectivity index (χ4n) is 4.14. The predicted octanol–water partition coefficient (Wildman–Crippen LogP) is 4.74. The van der Waals surface area contributed by atoms with Gasteiger partial charge >= 0.3 is 0 Å². The SMILES string of the molecule is CN(Cc1ccccc1N1CCCC1)C(=O)C1(c2cccc(Br)c2)CC1. The number of para-hydroxylation sites is 1. The molecule has 2 aliphatic rings. The Balaban J connectivity index is 1.54. The third-order valence-corrected chi connectivity index (χ3v) is 6.22. The molecule has 0 N–H and O–H groups in total. The van der Waals surface area contributed by atoms with E-state index in [4.69, 9.17) is 0 Å². The van der Waals surface area contributed by atoms with Crippen LogP contribution in [0.1, 0.15) is 36.8 Å². The van der Waals surface area contributed by atoms with Crippen molar-refractivity contribution in [1.82, 2.24) is 4.90 Å². The van der Waals surface area contributed by atoms with Crippen LogP contribution in [0.2, 0.25) is 0 Å². The molecule has 4 heteroatoms. The average Bonchev–Trinajstić information content (AvgIpc) is 3.28. The molecule has 0 radical (unpaired) electrons. The van der Waals surface area contributed by atoms with Crippen molar-refractivity contribution in [2.75, 3.05) is 25.0 Å². The van der Waals surface area contributed by atoms with Gasteiger partial charge in [-0.3, -0.25) is 4.79 Å². The van der Waals surface area contributed by atoms with Gasteiger partial charge in [0.1, 0.15) is 0 Å². The second-order valence-electron chi connectivity index (χ2n) is 7.58. The van der Waals surface area contributed by atoms with Crippen LogP contribution in [-0.4, -0.2) is 30.9 Å². The number of rotatable bonds is 5. The summed E-state index contributed by atoms with van der Waals surface area (Å²) in [6, 6.07) is 16.8. The maximum absolute atomic E-state index is 13.3. The molecule has 3 nitrogen and oxygen atoms in total. The summed E-state index contributed by atoms with van der Waals surface area (Å²) in [5.41, 5.74) is 3.35. The summed E-state index contributed by atoms with van der Waals surface area (Å²) in [6.07, 6.45) is 4.41. The van der Waals surface area contributed by atoms with Crippen LogP contribution in [0.4, 0.5) is 5.69 Å². The zero-order valence-corrected chi connectivity index (χ0v) is 16.8. The van der Waals surface area contributed by atoms with Gasteiger partial charge in [0.15, 0.2) is 0 Å². The number of carbonyl (C=O) groups excluding carboxylic acids is 1. The molecule has 1 saturated heterocycles. The Bertz CT molecular complexity index is 809. The highest BCUT2D eigenvalue weighted by Gasteiger charge is 2.52.